The Morgan fingerprint density at radius 2 is 1.65 bits per heavy atom. The van der Waals surface area contributed by atoms with Gasteiger partial charge in [0.2, 0.25) is 0 Å². The van der Waals surface area contributed by atoms with Gasteiger partial charge in [-0.3, -0.25) is 0 Å². The van der Waals surface area contributed by atoms with Crippen LogP contribution in [-0.4, -0.2) is 19.9 Å². The van der Waals surface area contributed by atoms with Gasteiger partial charge in [0, 0.05) is 7.11 Å². The molecule has 0 aliphatic rings. The van der Waals surface area contributed by atoms with E-state index in [4.69, 9.17) is 4.74 Å². The van der Waals surface area contributed by atoms with Crippen molar-refractivity contribution in [2.24, 2.45) is 5.41 Å². The number of allylic oxidation sites excluding steroid dienone is 5. The molecule has 0 bridgehead atoms. The predicted molar refractivity (Wildman–Crippen MR) is 124 cm³/mol. The third kappa shape index (κ3) is 5.01. The van der Waals surface area contributed by atoms with E-state index in [1.807, 2.05) is 49.4 Å². The van der Waals surface area contributed by atoms with E-state index in [0.717, 1.165) is 22.3 Å². The molecule has 1 nitrogen and oxygen atoms in total. The molecule has 0 saturated carbocycles. The quantitative estimate of drug-likeness (QED) is 0.406. The molecule has 2 aromatic rings. The highest BCUT2D eigenvalue weighted by Gasteiger charge is 2.62. The summed E-state index contributed by atoms with van der Waals surface area (Å²) in [4.78, 5) is 0. The average Bonchev–Trinajstić information content (AvgIpc) is 2.70. The molecule has 0 N–H and O–H groups in total. The molecule has 4 heteroatoms. The molecule has 0 radical (unpaired) electrons. The van der Waals surface area contributed by atoms with E-state index in [1.54, 1.807) is 51.1 Å². The topological polar surface area (TPSA) is 9.23 Å². The van der Waals surface area contributed by atoms with Gasteiger partial charge in [-0.15, -0.1) is 0 Å². The van der Waals surface area contributed by atoms with Crippen LogP contribution in [0, 0.1) is 5.41 Å². The van der Waals surface area contributed by atoms with Gasteiger partial charge >= 0.3 is 6.18 Å². The molecule has 31 heavy (non-hydrogen) atoms. The minimum Gasteiger partial charge on any atom is -0.383 e. The number of methoxy groups -OCH3 is 1. The molecular formula is C27H31F3O. The monoisotopic (exact) mass is 428 g/mol. The van der Waals surface area contributed by atoms with Gasteiger partial charge < -0.3 is 4.74 Å². The van der Waals surface area contributed by atoms with Crippen molar-refractivity contribution in [2.45, 2.75) is 39.3 Å². The Hall–Kier alpha value is -2.59. The Morgan fingerprint density at radius 3 is 2.13 bits per heavy atom. The summed E-state index contributed by atoms with van der Waals surface area (Å²) in [5.74, 6) is 0. The van der Waals surface area contributed by atoms with Crippen LogP contribution in [0.5, 0.6) is 0 Å². The van der Waals surface area contributed by atoms with E-state index < -0.39 is 23.6 Å². The summed E-state index contributed by atoms with van der Waals surface area (Å²) in [5, 5.41) is 0. The molecule has 1 unspecified atom stereocenters. The largest absolute Gasteiger partial charge is 0.401 e. The third-order valence-electron chi connectivity index (χ3n) is 5.68. The Morgan fingerprint density at radius 1 is 1.00 bits per heavy atom. The molecule has 0 heterocycles. The summed E-state index contributed by atoms with van der Waals surface area (Å²) in [6.45, 7) is 10.1. The molecule has 0 aliphatic heterocycles. The van der Waals surface area contributed by atoms with Crippen LogP contribution in [0.1, 0.15) is 38.8 Å². The van der Waals surface area contributed by atoms with Gasteiger partial charge in [0.1, 0.15) is 5.41 Å². The summed E-state index contributed by atoms with van der Waals surface area (Å²) in [6, 6.07) is 14.6. The standard InChI is InChI=1S/C27H31F3O/c1-7-10-20(11-8-2)22-12-9-13-23(18-22)21-14-16-24(17-15-21)26(19-31-6,25(3,4)5)27(28,29)30/h7-18H,1,19H2,2-6H3/b11-8-,20-10+. The zero-order valence-corrected chi connectivity index (χ0v) is 18.9. The SMILES string of the molecule is C=C/C=C(\C=C/C)c1cccc(-c2ccc(C(COC)(C(C)(C)C)C(F)(F)F)cc2)c1. The van der Waals surface area contributed by atoms with Gasteiger partial charge in [0.15, 0.2) is 0 Å². The number of benzene rings is 2. The normalized spacial score (nSPS) is 15.2. The van der Waals surface area contributed by atoms with Crippen LogP contribution < -0.4 is 0 Å². The Balaban J connectivity index is 2.55. The fourth-order valence-electron chi connectivity index (χ4n) is 4.00. The molecule has 2 rings (SSSR count). The maximum Gasteiger partial charge on any atom is 0.401 e. The lowest BCUT2D eigenvalue weighted by molar-refractivity contribution is -0.232. The number of alkyl halides is 3. The van der Waals surface area contributed by atoms with Crippen molar-refractivity contribution in [1.29, 1.82) is 0 Å². The Bertz CT molecular complexity index is 928. The first-order valence-electron chi connectivity index (χ1n) is 10.2. The molecule has 0 aliphatic carbocycles. The minimum absolute atomic E-state index is 0.204. The van der Waals surface area contributed by atoms with E-state index in [9.17, 15) is 13.2 Å². The van der Waals surface area contributed by atoms with Crippen LogP contribution in [0.2, 0.25) is 0 Å². The van der Waals surface area contributed by atoms with Crippen LogP contribution >= 0.6 is 0 Å². The Labute approximate surface area is 184 Å². The summed E-state index contributed by atoms with van der Waals surface area (Å²) in [6.07, 6.45) is 3.15. The van der Waals surface area contributed by atoms with Gasteiger partial charge in [0.05, 0.1) is 6.61 Å². The lowest BCUT2D eigenvalue weighted by Gasteiger charge is -2.46. The Kier molecular flexibility index (Phi) is 7.72. The van der Waals surface area contributed by atoms with Crippen molar-refractivity contribution in [3.63, 3.8) is 0 Å². The van der Waals surface area contributed by atoms with Crippen LogP contribution in [0.4, 0.5) is 13.2 Å². The first-order chi connectivity index (χ1) is 14.5. The zero-order valence-electron chi connectivity index (χ0n) is 18.9. The fourth-order valence-corrected chi connectivity index (χ4v) is 4.00. The third-order valence-corrected chi connectivity index (χ3v) is 5.68. The van der Waals surface area contributed by atoms with Gasteiger partial charge in [-0.2, -0.15) is 13.2 Å². The van der Waals surface area contributed by atoms with Crippen LogP contribution in [0.15, 0.2) is 79.4 Å². The molecule has 0 fully saturated rings. The first-order valence-corrected chi connectivity index (χ1v) is 10.2. The summed E-state index contributed by atoms with van der Waals surface area (Å²) < 4.78 is 48.1. The summed E-state index contributed by atoms with van der Waals surface area (Å²) in [7, 11) is 1.31. The summed E-state index contributed by atoms with van der Waals surface area (Å²) in [5.41, 5.74) is 0.823. The highest BCUT2D eigenvalue weighted by molar-refractivity contribution is 5.78. The zero-order chi connectivity index (χ0) is 23.3. The van der Waals surface area contributed by atoms with Gasteiger partial charge in [0.25, 0.3) is 0 Å². The molecule has 166 valence electrons. The van der Waals surface area contributed by atoms with Gasteiger partial charge in [-0.05, 0) is 46.2 Å². The lowest BCUT2D eigenvalue weighted by atomic mass is 9.62. The van der Waals surface area contributed by atoms with Gasteiger partial charge in [-0.25, -0.2) is 0 Å². The maximum atomic E-state index is 14.4. The number of hydrogen-bond donors (Lipinski definition) is 0. The van der Waals surface area contributed by atoms with E-state index >= 15 is 0 Å². The molecule has 0 aromatic heterocycles. The smallest absolute Gasteiger partial charge is 0.383 e. The van der Waals surface area contributed by atoms with Crippen LogP contribution in [0.3, 0.4) is 0 Å². The number of rotatable bonds is 7. The minimum atomic E-state index is -4.46. The van der Waals surface area contributed by atoms with E-state index in [1.165, 1.54) is 7.11 Å². The average molecular weight is 429 g/mol. The molecule has 2 aromatic carbocycles. The molecule has 1 atom stereocenters. The number of halogens is 3. The second-order valence-corrected chi connectivity index (χ2v) is 8.60. The number of ether oxygens (including phenoxy) is 1. The first kappa shape index (κ1) is 24.7. The molecule has 0 saturated heterocycles. The maximum absolute atomic E-state index is 14.4. The van der Waals surface area contributed by atoms with Crippen molar-refractivity contribution in [1.82, 2.24) is 0 Å². The highest BCUT2D eigenvalue weighted by atomic mass is 19.4. The summed E-state index contributed by atoms with van der Waals surface area (Å²) >= 11 is 0. The molecular weight excluding hydrogens is 397 g/mol. The molecule has 0 amide bonds. The van der Waals surface area contributed by atoms with E-state index in [0.29, 0.717) is 0 Å². The van der Waals surface area contributed by atoms with Crippen molar-refractivity contribution >= 4 is 5.57 Å². The lowest BCUT2D eigenvalue weighted by Crippen LogP contribution is -2.55. The van der Waals surface area contributed by atoms with Crippen molar-refractivity contribution in [3.8, 4) is 11.1 Å². The van der Waals surface area contributed by atoms with Crippen molar-refractivity contribution in [3.05, 3.63) is 90.5 Å². The second-order valence-electron chi connectivity index (χ2n) is 8.60. The van der Waals surface area contributed by atoms with E-state index in [-0.39, 0.29) is 5.56 Å². The van der Waals surface area contributed by atoms with Crippen LogP contribution in [-0.2, 0) is 10.2 Å². The van der Waals surface area contributed by atoms with Crippen molar-refractivity contribution in [2.75, 3.05) is 13.7 Å². The number of hydrogen-bond acceptors (Lipinski definition) is 1. The molecule has 0 spiro atoms. The van der Waals surface area contributed by atoms with Gasteiger partial charge in [-0.1, -0.05) is 94.1 Å². The fraction of sp³-hybridized carbons (Fsp3) is 0.333. The van der Waals surface area contributed by atoms with E-state index in [2.05, 4.69) is 6.58 Å². The van der Waals surface area contributed by atoms with Crippen LogP contribution in [0.25, 0.3) is 16.7 Å². The highest BCUT2D eigenvalue weighted by Crippen LogP contribution is 2.53. The predicted octanol–water partition coefficient (Wildman–Crippen LogP) is 7.99. The van der Waals surface area contributed by atoms with Crippen molar-refractivity contribution < 1.29 is 17.9 Å². The second kappa shape index (κ2) is 9.69.